The lowest BCUT2D eigenvalue weighted by Crippen LogP contribution is -2.26. The molecule has 0 fully saturated rings. The lowest BCUT2D eigenvalue weighted by molar-refractivity contribution is -0.384. The molecule has 0 aliphatic carbocycles. The number of para-hydroxylation sites is 2. The first kappa shape index (κ1) is 19.2. The molecule has 0 unspecified atom stereocenters. The zero-order valence-corrected chi connectivity index (χ0v) is 14.7. The highest BCUT2D eigenvalue weighted by Crippen LogP contribution is 2.22. The number of benzene rings is 2. The van der Waals surface area contributed by atoms with Crippen LogP contribution in [0.25, 0.3) is 0 Å². The average Bonchev–Trinajstić information content (AvgIpc) is 2.66. The smallest absolute Gasteiger partial charge is 0.292 e. The summed E-state index contributed by atoms with van der Waals surface area (Å²) >= 11 is 0. The summed E-state index contributed by atoms with van der Waals surface area (Å²) in [7, 11) is 1.63. The summed E-state index contributed by atoms with van der Waals surface area (Å²) in [6, 6.07) is 14.2. The van der Waals surface area contributed by atoms with E-state index in [-0.39, 0.29) is 18.0 Å². The van der Waals surface area contributed by atoms with Crippen LogP contribution in [-0.4, -0.2) is 31.0 Å². The predicted molar refractivity (Wildman–Crippen MR) is 101 cm³/mol. The van der Waals surface area contributed by atoms with Crippen molar-refractivity contribution in [3.8, 4) is 5.75 Å². The third kappa shape index (κ3) is 6.08. The molecule has 1 amide bonds. The fourth-order valence-electron chi connectivity index (χ4n) is 2.49. The summed E-state index contributed by atoms with van der Waals surface area (Å²) in [5.41, 5.74) is 1.62. The predicted octanol–water partition coefficient (Wildman–Crippen LogP) is 3.15. The van der Waals surface area contributed by atoms with Crippen LogP contribution in [-0.2, 0) is 11.2 Å². The van der Waals surface area contributed by atoms with Gasteiger partial charge in [0.2, 0.25) is 5.91 Å². The highest BCUT2D eigenvalue weighted by Gasteiger charge is 2.11. The summed E-state index contributed by atoms with van der Waals surface area (Å²) in [6.07, 6.45) is 1.98. The van der Waals surface area contributed by atoms with Crippen LogP contribution >= 0.6 is 0 Å². The van der Waals surface area contributed by atoms with Crippen LogP contribution in [0.3, 0.4) is 0 Å². The molecule has 0 saturated carbocycles. The maximum Gasteiger partial charge on any atom is 0.292 e. The Kier molecular flexibility index (Phi) is 7.42. The Morgan fingerprint density at radius 2 is 1.85 bits per heavy atom. The number of carbonyl (C=O) groups excluding carboxylic acids is 1. The summed E-state index contributed by atoms with van der Waals surface area (Å²) in [6.45, 7) is 0.936. The second-order valence-electron chi connectivity index (χ2n) is 5.75. The zero-order valence-electron chi connectivity index (χ0n) is 14.7. The van der Waals surface area contributed by atoms with Crippen LogP contribution in [0.2, 0.25) is 0 Å². The minimum atomic E-state index is -0.443. The molecule has 0 heterocycles. The molecule has 2 rings (SSSR count). The van der Waals surface area contributed by atoms with Gasteiger partial charge in [-0.2, -0.15) is 0 Å². The van der Waals surface area contributed by atoms with E-state index in [9.17, 15) is 14.9 Å². The van der Waals surface area contributed by atoms with Crippen molar-refractivity contribution in [2.24, 2.45) is 0 Å². The molecule has 138 valence electrons. The van der Waals surface area contributed by atoms with E-state index < -0.39 is 4.92 Å². The molecule has 0 spiro atoms. The normalized spacial score (nSPS) is 10.2. The van der Waals surface area contributed by atoms with Gasteiger partial charge >= 0.3 is 0 Å². The van der Waals surface area contributed by atoms with E-state index >= 15 is 0 Å². The lowest BCUT2D eigenvalue weighted by Gasteiger charge is -2.08. The molecule has 0 radical (unpaired) electrons. The Morgan fingerprint density at radius 3 is 2.54 bits per heavy atom. The first-order valence-corrected chi connectivity index (χ1v) is 8.47. The highest BCUT2D eigenvalue weighted by atomic mass is 16.6. The molecular weight excluding hydrogens is 334 g/mol. The number of nitrogens with one attached hydrogen (secondary N) is 2. The fraction of sp³-hybridized carbons (Fsp3) is 0.316. The molecule has 0 aliphatic heterocycles. The van der Waals surface area contributed by atoms with E-state index in [4.69, 9.17) is 4.74 Å². The average molecular weight is 357 g/mol. The molecule has 0 aliphatic rings. The van der Waals surface area contributed by atoms with Crippen molar-refractivity contribution >= 4 is 17.3 Å². The second kappa shape index (κ2) is 10.0. The topological polar surface area (TPSA) is 93.5 Å². The maximum absolute atomic E-state index is 11.8. The second-order valence-corrected chi connectivity index (χ2v) is 5.75. The van der Waals surface area contributed by atoms with Gasteiger partial charge in [0.15, 0.2) is 0 Å². The molecule has 0 atom stereocenters. The Labute approximate surface area is 152 Å². The van der Waals surface area contributed by atoms with Gasteiger partial charge in [0, 0.05) is 25.6 Å². The Hall–Kier alpha value is -3.09. The van der Waals surface area contributed by atoms with Gasteiger partial charge in [-0.05, 0) is 36.6 Å². The van der Waals surface area contributed by atoms with Gasteiger partial charge < -0.3 is 15.4 Å². The molecular formula is C19H23N3O4. The minimum Gasteiger partial charge on any atom is -0.497 e. The number of nitro groups is 1. The van der Waals surface area contributed by atoms with E-state index in [2.05, 4.69) is 10.6 Å². The van der Waals surface area contributed by atoms with Crippen molar-refractivity contribution in [2.75, 3.05) is 25.5 Å². The molecule has 2 N–H and O–H groups in total. The van der Waals surface area contributed by atoms with Gasteiger partial charge in [-0.25, -0.2) is 0 Å². The third-order valence-electron chi connectivity index (χ3n) is 3.89. The SMILES string of the molecule is COc1ccc(CCCNC(=O)CCNc2ccccc2[N+](=O)[O-])cc1. The molecule has 2 aromatic carbocycles. The number of methoxy groups -OCH3 is 1. The summed E-state index contributed by atoms with van der Waals surface area (Å²) < 4.78 is 5.12. The van der Waals surface area contributed by atoms with Crippen molar-refractivity contribution in [1.29, 1.82) is 0 Å². The molecule has 7 nitrogen and oxygen atoms in total. The molecule has 2 aromatic rings. The van der Waals surface area contributed by atoms with E-state index in [0.717, 1.165) is 18.6 Å². The van der Waals surface area contributed by atoms with Gasteiger partial charge in [0.1, 0.15) is 11.4 Å². The molecule has 26 heavy (non-hydrogen) atoms. The number of anilines is 1. The van der Waals surface area contributed by atoms with Crippen LogP contribution in [0.5, 0.6) is 5.75 Å². The Balaban J connectivity index is 1.64. The van der Waals surface area contributed by atoms with Gasteiger partial charge in [-0.15, -0.1) is 0 Å². The zero-order chi connectivity index (χ0) is 18.8. The molecule has 0 saturated heterocycles. The van der Waals surface area contributed by atoms with Crippen LogP contribution in [0, 0.1) is 10.1 Å². The maximum atomic E-state index is 11.8. The highest BCUT2D eigenvalue weighted by molar-refractivity contribution is 5.76. The number of nitro benzene ring substituents is 1. The number of carbonyl (C=O) groups is 1. The van der Waals surface area contributed by atoms with E-state index in [1.54, 1.807) is 25.3 Å². The van der Waals surface area contributed by atoms with Crippen LogP contribution in [0.1, 0.15) is 18.4 Å². The van der Waals surface area contributed by atoms with Gasteiger partial charge in [0.05, 0.1) is 12.0 Å². The summed E-state index contributed by atoms with van der Waals surface area (Å²) in [5, 5.41) is 16.7. The van der Waals surface area contributed by atoms with Crippen molar-refractivity contribution in [2.45, 2.75) is 19.3 Å². The summed E-state index contributed by atoms with van der Waals surface area (Å²) in [4.78, 5) is 22.3. The first-order valence-electron chi connectivity index (χ1n) is 8.47. The number of aryl methyl sites for hydroxylation is 1. The van der Waals surface area contributed by atoms with Gasteiger partial charge in [-0.1, -0.05) is 24.3 Å². The number of hydrogen-bond donors (Lipinski definition) is 2. The fourth-order valence-corrected chi connectivity index (χ4v) is 2.49. The number of amides is 1. The minimum absolute atomic E-state index is 0.00685. The van der Waals surface area contributed by atoms with Gasteiger partial charge in [0.25, 0.3) is 5.69 Å². The van der Waals surface area contributed by atoms with Crippen molar-refractivity contribution < 1.29 is 14.5 Å². The Bertz CT molecular complexity index is 732. The number of rotatable bonds is 10. The summed E-state index contributed by atoms with van der Waals surface area (Å²) in [5.74, 6) is 0.749. The quantitative estimate of drug-likeness (QED) is 0.387. The standard InChI is InChI=1S/C19H23N3O4/c1-26-16-10-8-15(9-11-16)5-4-13-21-19(23)12-14-20-17-6-2-3-7-18(17)22(24)25/h2-3,6-11,20H,4-5,12-14H2,1H3,(H,21,23). The number of nitrogens with zero attached hydrogens (tertiary/aromatic N) is 1. The molecule has 0 bridgehead atoms. The van der Waals surface area contributed by atoms with Crippen molar-refractivity contribution in [3.05, 3.63) is 64.2 Å². The van der Waals surface area contributed by atoms with Crippen molar-refractivity contribution in [3.63, 3.8) is 0 Å². The first-order chi connectivity index (χ1) is 12.6. The Morgan fingerprint density at radius 1 is 1.12 bits per heavy atom. The van der Waals surface area contributed by atoms with E-state index in [0.29, 0.717) is 18.8 Å². The number of hydrogen-bond acceptors (Lipinski definition) is 5. The van der Waals surface area contributed by atoms with Gasteiger partial charge in [-0.3, -0.25) is 14.9 Å². The molecule has 0 aromatic heterocycles. The molecule has 7 heteroatoms. The van der Waals surface area contributed by atoms with Crippen LogP contribution in [0.4, 0.5) is 11.4 Å². The number of ether oxygens (including phenoxy) is 1. The monoisotopic (exact) mass is 357 g/mol. The van der Waals surface area contributed by atoms with E-state index in [1.165, 1.54) is 11.6 Å². The van der Waals surface area contributed by atoms with Crippen LogP contribution in [0.15, 0.2) is 48.5 Å². The van der Waals surface area contributed by atoms with Crippen LogP contribution < -0.4 is 15.4 Å². The van der Waals surface area contributed by atoms with E-state index in [1.807, 2.05) is 24.3 Å². The largest absolute Gasteiger partial charge is 0.497 e. The lowest BCUT2D eigenvalue weighted by atomic mass is 10.1. The third-order valence-corrected chi connectivity index (χ3v) is 3.89. The van der Waals surface area contributed by atoms with Crippen molar-refractivity contribution in [1.82, 2.24) is 5.32 Å².